The lowest BCUT2D eigenvalue weighted by atomic mass is 10.0. The molecule has 0 fully saturated rings. The molecule has 6 heteroatoms. The van der Waals surface area contributed by atoms with Crippen LogP contribution in [0.5, 0.6) is 0 Å². The number of halogens is 1. The van der Waals surface area contributed by atoms with Gasteiger partial charge in [-0.05, 0) is 42.0 Å². The Morgan fingerprint density at radius 1 is 1.00 bits per heavy atom. The normalized spacial score (nSPS) is 12.1. The second-order valence-corrected chi connectivity index (χ2v) is 7.48. The van der Waals surface area contributed by atoms with Crippen LogP contribution in [0.1, 0.15) is 27.8 Å². The zero-order valence-corrected chi connectivity index (χ0v) is 17.1. The van der Waals surface area contributed by atoms with Crippen LogP contribution in [0.3, 0.4) is 0 Å². The molecular formula is C24H22ClN3O2. The van der Waals surface area contributed by atoms with Gasteiger partial charge in [0, 0.05) is 23.6 Å². The summed E-state index contributed by atoms with van der Waals surface area (Å²) in [6.45, 7) is 0.450. The van der Waals surface area contributed by atoms with Gasteiger partial charge in [-0.25, -0.2) is 4.98 Å². The average Bonchev–Trinajstić information content (AvgIpc) is 3.12. The van der Waals surface area contributed by atoms with Gasteiger partial charge in [-0.1, -0.05) is 54.1 Å². The Morgan fingerprint density at radius 2 is 1.70 bits per heavy atom. The van der Waals surface area contributed by atoms with E-state index in [1.165, 1.54) is 0 Å². The zero-order chi connectivity index (χ0) is 20.9. The van der Waals surface area contributed by atoms with Gasteiger partial charge in [-0.2, -0.15) is 0 Å². The molecule has 0 aliphatic rings. The maximum atomic E-state index is 12.9. The zero-order valence-electron chi connectivity index (χ0n) is 16.3. The fourth-order valence-corrected chi connectivity index (χ4v) is 3.72. The number of fused-ring (bicyclic) bond motifs is 1. The van der Waals surface area contributed by atoms with E-state index in [1.54, 1.807) is 12.1 Å². The van der Waals surface area contributed by atoms with Gasteiger partial charge < -0.3 is 15.0 Å². The number of benzene rings is 3. The van der Waals surface area contributed by atoms with Crippen molar-refractivity contribution >= 4 is 28.5 Å². The number of nitrogens with one attached hydrogen (secondary N) is 1. The number of hydrogen-bond acceptors (Lipinski definition) is 3. The van der Waals surface area contributed by atoms with Crippen LogP contribution < -0.4 is 5.32 Å². The summed E-state index contributed by atoms with van der Waals surface area (Å²) < 4.78 is 2.01. The molecule has 2 N–H and O–H groups in total. The predicted octanol–water partition coefficient (Wildman–Crippen LogP) is 4.40. The van der Waals surface area contributed by atoms with Crippen molar-refractivity contribution in [3.63, 3.8) is 0 Å². The van der Waals surface area contributed by atoms with Crippen molar-refractivity contribution in [2.24, 2.45) is 0 Å². The molecule has 0 saturated carbocycles. The third-order valence-corrected chi connectivity index (χ3v) is 5.31. The Bertz CT molecular complexity index is 1140. The van der Waals surface area contributed by atoms with Crippen molar-refractivity contribution < 1.29 is 9.90 Å². The molecule has 3 aromatic carbocycles. The molecule has 1 aromatic heterocycles. The van der Waals surface area contributed by atoms with Gasteiger partial charge in [-0.15, -0.1) is 0 Å². The van der Waals surface area contributed by atoms with E-state index in [1.807, 2.05) is 71.3 Å². The smallest absolute Gasteiger partial charge is 0.251 e. The van der Waals surface area contributed by atoms with Crippen molar-refractivity contribution in [1.29, 1.82) is 0 Å². The van der Waals surface area contributed by atoms with E-state index in [2.05, 4.69) is 5.32 Å². The molecule has 1 atom stereocenters. The molecule has 0 aliphatic heterocycles. The van der Waals surface area contributed by atoms with Crippen molar-refractivity contribution in [1.82, 2.24) is 14.9 Å². The fourth-order valence-electron chi connectivity index (χ4n) is 3.59. The second-order valence-electron chi connectivity index (χ2n) is 7.04. The van der Waals surface area contributed by atoms with E-state index >= 15 is 0 Å². The first-order valence-electron chi connectivity index (χ1n) is 9.82. The van der Waals surface area contributed by atoms with Crippen LogP contribution in [0.4, 0.5) is 0 Å². The van der Waals surface area contributed by atoms with Gasteiger partial charge in [0.25, 0.3) is 5.91 Å². The third kappa shape index (κ3) is 4.37. The molecule has 30 heavy (non-hydrogen) atoms. The molecule has 1 amide bonds. The van der Waals surface area contributed by atoms with Crippen LogP contribution in [0.25, 0.3) is 11.0 Å². The molecular weight excluding hydrogens is 398 g/mol. The second kappa shape index (κ2) is 9.11. The summed E-state index contributed by atoms with van der Waals surface area (Å²) >= 11 is 6.07. The molecule has 0 radical (unpaired) electrons. The molecule has 0 spiro atoms. The molecule has 0 aliphatic carbocycles. The van der Waals surface area contributed by atoms with E-state index in [4.69, 9.17) is 16.6 Å². The average molecular weight is 420 g/mol. The highest BCUT2D eigenvalue weighted by atomic mass is 35.5. The summed E-state index contributed by atoms with van der Waals surface area (Å²) in [7, 11) is 0. The Morgan fingerprint density at radius 3 is 2.43 bits per heavy atom. The lowest BCUT2D eigenvalue weighted by molar-refractivity contribution is 0.0936. The van der Waals surface area contributed by atoms with Crippen LogP contribution in [0.2, 0.25) is 5.02 Å². The first-order chi connectivity index (χ1) is 14.7. The lowest BCUT2D eigenvalue weighted by Crippen LogP contribution is -2.30. The Balaban J connectivity index is 1.69. The van der Waals surface area contributed by atoms with E-state index < -0.39 is 0 Å². The van der Waals surface area contributed by atoms with Crippen molar-refractivity contribution in [2.45, 2.75) is 19.0 Å². The van der Waals surface area contributed by atoms with E-state index in [-0.39, 0.29) is 18.6 Å². The number of aliphatic hydroxyl groups excluding tert-OH is 1. The predicted molar refractivity (Wildman–Crippen MR) is 119 cm³/mol. The minimum atomic E-state index is -0.302. The number of carbonyl (C=O) groups excluding carboxylic acids is 1. The number of nitrogens with zero attached hydrogens (tertiary/aromatic N) is 2. The maximum absolute atomic E-state index is 12.9. The largest absolute Gasteiger partial charge is 0.395 e. The molecule has 1 heterocycles. The minimum absolute atomic E-state index is 0.00927. The van der Waals surface area contributed by atoms with Crippen LogP contribution in [0.15, 0.2) is 78.9 Å². The number of para-hydroxylation sites is 2. The number of hydrogen-bond donors (Lipinski definition) is 2. The maximum Gasteiger partial charge on any atom is 0.251 e. The summed E-state index contributed by atoms with van der Waals surface area (Å²) in [6.07, 6.45) is 0.481. The van der Waals surface area contributed by atoms with Crippen LogP contribution in [-0.2, 0) is 13.0 Å². The van der Waals surface area contributed by atoms with Gasteiger partial charge in [0.1, 0.15) is 5.82 Å². The molecule has 5 nitrogen and oxygen atoms in total. The molecule has 0 bridgehead atoms. The van der Waals surface area contributed by atoms with Gasteiger partial charge in [0.15, 0.2) is 0 Å². The minimum Gasteiger partial charge on any atom is -0.395 e. The van der Waals surface area contributed by atoms with Gasteiger partial charge in [0.2, 0.25) is 0 Å². The van der Waals surface area contributed by atoms with Crippen molar-refractivity contribution in [2.75, 3.05) is 6.61 Å². The van der Waals surface area contributed by atoms with E-state index in [9.17, 15) is 9.90 Å². The Hall–Kier alpha value is -3.15. The molecule has 4 aromatic rings. The Labute approximate surface area is 179 Å². The lowest BCUT2D eigenvalue weighted by Gasteiger charge is -2.20. The summed E-state index contributed by atoms with van der Waals surface area (Å²) in [5.41, 5.74) is 3.36. The van der Waals surface area contributed by atoms with Crippen LogP contribution >= 0.6 is 11.6 Å². The summed E-state index contributed by atoms with van der Waals surface area (Å²) in [4.78, 5) is 17.6. The van der Waals surface area contributed by atoms with Crippen molar-refractivity contribution in [3.05, 3.63) is 101 Å². The fraction of sp³-hybridized carbons (Fsp3) is 0.167. The number of aliphatic hydroxyl groups is 1. The van der Waals surface area contributed by atoms with Crippen LogP contribution in [0, 0.1) is 0 Å². The Kier molecular flexibility index (Phi) is 6.12. The monoisotopic (exact) mass is 419 g/mol. The number of aromatic nitrogens is 2. The standard InChI is InChI=1S/C24H22ClN3O2/c25-19-12-10-17(11-13-19)21(27-24(30)18-6-2-1-3-7-18)16-23-26-20-8-4-5-9-22(20)28(23)14-15-29/h1-13,21,29H,14-16H2,(H,27,30). The quantitative estimate of drug-likeness (QED) is 0.466. The molecule has 1 unspecified atom stereocenters. The van der Waals surface area contributed by atoms with E-state index in [0.717, 1.165) is 22.4 Å². The highest BCUT2D eigenvalue weighted by molar-refractivity contribution is 6.30. The topological polar surface area (TPSA) is 67.2 Å². The molecule has 152 valence electrons. The summed E-state index contributed by atoms with van der Waals surface area (Å²) in [6, 6.07) is 24.1. The van der Waals surface area contributed by atoms with Crippen molar-refractivity contribution in [3.8, 4) is 0 Å². The molecule has 4 rings (SSSR count). The number of amides is 1. The van der Waals surface area contributed by atoms with Crippen LogP contribution in [-0.4, -0.2) is 27.2 Å². The van der Waals surface area contributed by atoms with Gasteiger partial charge in [0.05, 0.1) is 23.7 Å². The highest BCUT2D eigenvalue weighted by Crippen LogP contribution is 2.24. The summed E-state index contributed by atoms with van der Waals surface area (Å²) in [5, 5.41) is 13.3. The molecule has 0 saturated heterocycles. The SMILES string of the molecule is O=C(NC(Cc1nc2ccccc2n1CCO)c1ccc(Cl)cc1)c1ccccc1. The number of rotatable bonds is 7. The highest BCUT2D eigenvalue weighted by Gasteiger charge is 2.20. The van der Waals surface area contributed by atoms with Gasteiger partial charge >= 0.3 is 0 Å². The number of imidazole rings is 1. The third-order valence-electron chi connectivity index (χ3n) is 5.06. The first kappa shape index (κ1) is 20.1. The first-order valence-corrected chi connectivity index (χ1v) is 10.2. The van der Waals surface area contributed by atoms with E-state index in [0.29, 0.717) is 23.6 Å². The summed E-state index contributed by atoms with van der Waals surface area (Å²) in [5.74, 6) is 0.652. The number of carbonyl (C=O) groups is 1. The van der Waals surface area contributed by atoms with Gasteiger partial charge in [-0.3, -0.25) is 4.79 Å².